The van der Waals surface area contributed by atoms with E-state index in [1.165, 1.54) is 107 Å². The fourth-order valence-electron chi connectivity index (χ4n) is 5.55. The molecule has 0 nitrogen and oxygen atoms in total. The molecule has 0 aliphatic rings. The summed E-state index contributed by atoms with van der Waals surface area (Å²) in [5.74, 6) is 0. The standard InChI is InChI=1S/C35H50P.ClH/c1-3-4-5-6-7-8-9-10-11-12-13-14-15-18-25-32-26-23-24-31-35(32)36(2,33-27-19-16-20-28-33)34-29-21-17-22-30-34;/h16-17,19-24,26-31H,3-15,18,25H2,1-2H3;1H/q+1;/p-1. The average molecular weight is 537 g/mol. The van der Waals surface area contributed by atoms with Gasteiger partial charge in [0.05, 0.1) is 6.66 Å². The van der Waals surface area contributed by atoms with Gasteiger partial charge in [-0.15, -0.1) is 0 Å². The molecule has 3 rings (SSSR count). The first-order valence-electron chi connectivity index (χ1n) is 14.8. The Balaban J connectivity index is 0.00000481. The SMILES string of the molecule is CCCCCCCCCCCCCCCCc1ccccc1[P+](C)(c1ccccc1)c1ccccc1.[Cl-]. The van der Waals surface area contributed by atoms with Crippen LogP contribution in [0.25, 0.3) is 0 Å². The van der Waals surface area contributed by atoms with Gasteiger partial charge < -0.3 is 12.4 Å². The van der Waals surface area contributed by atoms with Crippen LogP contribution in [0.5, 0.6) is 0 Å². The molecule has 0 atom stereocenters. The molecule has 0 saturated heterocycles. The Bertz CT molecular complexity index is 914. The van der Waals surface area contributed by atoms with Crippen LogP contribution in [0.2, 0.25) is 0 Å². The Morgan fingerprint density at radius 3 is 1.30 bits per heavy atom. The van der Waals surface area contributed by atoms with E-state index in [-0.39, 0.29) is 12.4 Å². The number of hydrogen-bond donors (Lipinski definition) is 0. The van der Waals surface area contributed by atoms with Crippen molar-refractivity contribution in [3.8, 4) is 0 Å². The Hall–Kier alpha value is -1.62. The van der Waals surface area contributed by atoms with Crippen molar-refractivity contribution in [2.45, 2.75) is 103 Å². The molecule has 0 N–H and O–H groups in total. The van der Waals surface area contributed by atoms with Gasteiger partial charge in [-0.2, -0.15) is 0 Å². The van der Waals surface area contributed by atoms with Crippen molar-refractivity contribution in [3.05, 3.63) is 90.5 Å². The molecule has 3 aromatic carbocycles. The first-order chi connectivity index (χ1) is 17.8. The predicted molar refractivity (Wildman–Crippen MR) is 165 cm³/mol. The molecule has 0 saturated carbocycles. The van der Waals surface area contributed by atoms with Crippen molar-refractivity contribution in [1.29, 1.82) is 0 Å². The minimum atomic E-state index is -1.65. The molecule has 0 radical (unpaired) electrons. The second-order valence-electron chi connectivity index (χ2n) is 10.7. The number of benzene rings is 3. The van der Waals surface area contributed by atoms with Crippen LogP contribution in [-0.4, -0.2) is 6.66 Å². The average Bonchev–Trinajstić information content (AvgIpc) is 2.94. The normalized spacial score (nSPS) is 11.3. The third-order valence-electron chi connectivity index (χ3n) is 7.82. The minimum absolute atomic E-state index is 0. The second-order valence-corrected chi connectivity index (χ2v) is 14.2. The van der Waals surface area contributed by atoms with Crippen LogP contribution in [0.15, 0.2) is 84.9 Å². The van der Waals surface area contributed by atoms with Crippen molar-refractivity contribution in [3.63, 3.8) is 0 Å². The van der Waals surface area contributed by atoms with Gasteiger partial charge in [0.2, 0.25) is 0 Å². The fourth-order valence-corrected chi connectivity index (χ4v) is 9.08. The van der Waals surface area contributed by atoms with Gasteiger partial charge in [-0.25, -0.2) is 0 Å². The van der Waals surface area contributed by atoms with Crippen molar-refractivity contribution < 1.29 is 12.4 Å². The highest BCUT2D eigenvalue weighted by Gasteiger charge is 2.41. The number of unbranched alkanes of at least 4 members (excludes halogenated alkanes) is 13. The maximum atomic E-state index is 2.52. The molecule has 0 aliphatic heterocycles. The zero-order valence-electron chi connectivity index (χ0n) is 23.5. The zero-order valence-corrected chi connectivity index (χ0v) is 25.2. The zero-order chi connectivity index (χ0) is 25.3. The minimum Gasteiger partial charge on any atom is -1.00 e. The molecule has 0 aliphatic carbocycles. The first-order valence-corrected chi connectivity index (χ1v) is 17.1. The third kappa shape index (κ3) is 10.2. The Morgan fingerprint density at radius 1 is 0.459 bits per heavy atom. The van der Waals surface area contributed by atoms with Gasteiger partial charge in [0, 0.05) is 0 Å². The first kappa shape index (κ1) is 31.6. The lowest BCUT2D eigenvalue weighted by molar-refractivity contribution is -0.00000746. The van der Waals surface area contributed by atoms with Gasteiger partial charge in [0.15, 0.2) is 0 Å². The van der Waals surface area contributed by atoms with E-state index >= 15 is 0 Å². The van der Waals surface area contributed by atoms with E-state index in [4.69, 9.17) is 0 Å². The summed E-state index contributed by atoms with van der Waals surface area (Å²) in [5, 5.41) is 4.52. The monoisotopic (exact) mass is 536 g/mol. The maximum Gasteiger partial charge on any atom is 0.109 e. The Labute approximate surface area is 235 Å². The number of halogens is 1. The van der Waals surface area contributed by atoms with Gasteiger partial charge in [-0.1, -0.05) is 145 Å². The largest absolute Gasteiger partial charge is 1.00 e. The van der Waals surface area contributed by atoms with Crippen LogP contribution in [-0.2, 0) is 6.42 Å². The summed E-state index contributed by atoms with van der Waals surface area (Å²) in [6.45, 7) is 4.81. The number of aryl methyl sites for hydroxylation is 1. The van der Waals surface area contributed by atoms with Gasteiger partial charge in [0.25, 0.3) is 0 Å². The van der Waals surface area contributed by atoms with Crippen LogP contribution in [0.3, 0.4) is 0 Å². The molecule has 0 spiro atoms. The highest BCUT2D eigenvalue weighted by molar-refractivity contribution is 7.95. The summed E-state index contributed by atoms with van der Waals surface area (Å²) < 4.78 is 0. The molecule has 0 aromatic heterocycles. The highest BCUT2D eigenvalue weighted by Crippen LogP contribution is 2.52. The van der Waals surface area contributed by atoms with Crippen molar-refractivity contribution >= 4 is 23.2 Å². The van der Waals surface area contributed by atoms with Crippen LogP contribution in [0.1, 0.15) is 102 Å². The van der Waals surface area contributed by atoms with E-state index < -0.39 is 7.26 Å². The van der Waals surface area contributed by atoms with Crippen LogP contribution in [0, 0.1) is 0 Å². The predicted octanol–water partition coefficient (Wildman–Crippen LogP) is 6.64. The summed E-state index contributed by atoms with van der Waals surface area (Å²) in [4.78, 5) is 0. The smallest absolute Gasteiger partial charge is 0.109 e. The molecule has 0 amide bonds. The van der Waals surface area contributed by atoms with E-state index in [9.17, 15) is 0 Å². The van der Waals surface area contributed by atoms with E-state index in [0.29, 0.717) is 0 Å². The van der Waals surface area contributed by atoms with Gasteiger partial charge >= 0.3 is 0 Å². The third-order valence-corrected chi connectivity index (χ3v) is 11.9. The summed E-state index contributed by atoms with van der Waals surface area (Å²) in [6, 6.07) is 31.7. The van der Waals surface area contributed by atoms with E-state index in [0.717, 1.165) is 0 Å². The van der Waals surface area contributed by atoms with Crippen molar-refractivity contribution in [1.82, 2.24) is 0 Å². The lowest BCUT2D eigenvalue weighted by Crippen LogP contribution is -3.00. The quantitative estimate of drug-likeness (QED) is 0.126. The van der Waals surface area contributed by atoms with E-state index in [2.05, 4.69) is 98.5 Å². The molecular formula is C35H50ClP. The topological polar surface area (TPSA) is 0 Å². The van der Waals surface area contributed by atoms with Gasteiger partial charge in [-0.05, 0) is 48.7 Å². The summed E-state index contributed by atoms with van der Waals surface area (Å²) in [6.07, 6.45) is 21.0. The van der Waals surface area contributed by atoms with Crippen molar-refractivity contribution in [2.75, 3.05) is 6.66 Å². The second kappa shape index (κ2) is 18.6. The maximum absolute atomic E-state index is 2.52. The molecule has 0 heterocycles. The molecule has 2 heteroatoms. The van der Waals surface area contributed by atoms with Crippen LogP contribution >= 0.6 is 7.26 Å². The Kier molecular flexibility index (Phi) is 15.9. The van der Waals surface area contributed by atoms with Crippen LogP contribution in [0.4, 0.5) is 0 Å². The molecule has 37 heavy (non-hydrogen) atoms. The molecule has 202 valence electrons. The van der Waals surface area contributed by atoms with E-state index in [1.807, 2.05) is 0 Å². The molecular weight excluding hydrogens is 487 g/mol. The molecule has 0 unspecified atom stereocenters. The molecule has 0 bridgehead atoms. The lowest BCUT2D eigenvalue weighted by atomic mass is 10.0. The van der Waals surface area contributed by atoms with Crippen LogP contribution < -0.4 is 28.3 Å². The highest BCUT2D eigenvalue weighted by atomic mass is 35.5. The number of rotatable bonds is 18. The Morgan fingerprint density at radius 2 is 0.838 bits per heavy atom. The molecule has 0 fully saturated rings. The van der Waals surface area contributed by atoms with Gasteiger partial charge in [-0.3, -0.25) is 0 Å². The molecule has 3 aromatic rings. The number of hydrogen-bond acceptors (Lipinski definition) is 0. The summed E-state index contributed by atoms with van der Waals surface area (Å²) >= 11 is 0. The van der Waals surface area contributed by atoms with Crippen molar-refractivity contribution in [2.24, 2.45) is 0 Å². The summed E-state index contributed by atoms with van der Waals surface area (Å²) in [7, 11) is -1.65. The summed E-state index contributed by atoms with van der Waals surface area (Å²) in [5.41, 5.74) is 1.56. The fraction of sp³-hybridized carbons (Fsp3) is 0.486. The van der Waals surface area contributed by atoms with Gasteiger partial charge in [0.1, 0.15) is 23.2 Å². The van der Waals surface area contributed by atoms with E-state index in [1.54, 1.807) is 10.9 Å². The lowest BCUT2D eigenvalue weighted by Gasteiger charge is -2.25.